The highest BCUT2D eigenvalue weighted by Gasteiger charge is 2.36. The molecule has 16 heteroatoms. The van der Waals surface area contributed by atoms with Crippen LogP contribution in [0.1, 0.15) is 49.4 Å². The minimum absolute atomic E-state index is 0.00530. The van der Waals surface area contributed by atoms with E-state index in [1.54, 1.807) is 11.6 Å². The fourth-order valence-corrected chi connectivity index (χ4v) is 8.21. The molecule has 1 aromatic carbocycles. The van der Waals surface area contributed by atoms with E-state index in [9.17, 15) is 36.3 Å². The van der Waals surface area contributed by atoms with Crippen LogP contribution >= 0.6 is 11.8 Å². The van der Waals surface area contributed by atoms with E-state index < -0.39 is 33.8 Å². The van der Waals surface area contributed by atoms with E-state index in [2.05, 4.69) is 4.90 Å². The summed E-state index contributed by atoms with van der Waals surface area (Å²) in [6, 6.07) is 3.80. The minimum Gasteiger partial charge on any atom is -0.465 e. The van der Waals surface area contributed by atoms with E-state index in [4.69, 9.17) is 9.84 Å². The van der Waals surface area contributed by atoms with Gasteiger partial charge in [0, 0.05) is 79.9 Å². The van der Waals surface area contributed by atoms with E-state index in [0.717, 1.165) is 56.9 Å². The summed E-state index contributed by atoms with van der Waals surface area (Å²) >= 11 is 0.715. The van der Waals surface area contributed by atoms with Gasteiger partial charge < -0.3 is 19.6 Å². The number of amides is 1. The Morgan fingerprint density at radius 2 is 1.89 bits per heavy atom. The molecule has 3 aliphatic heterocycles. The van der Waals surface area contributed by atoms with Gasteiger partial charge in [-0.25, -0.2) is 8.42 Å². The van der Waals surface area contributed by atoms with Crippen molar-refractivity contribution in [3.05, 3.63) is 35.0 Å². The zero-order chi connectivity index (χ0) is 33.2. The molecule has 3 aliphatic rings. The number of alkyl halides is 3. The lowest BCUT2D eigenvalue weighted by atomic mass is 10.0. The van der Waals surface area contributed by atoms with Gasteiger partial charge in [-0.15, -0.1) is 11.8 Å². The second-order valence-corrected chi connectivity index (χ2v) is 15.0. The normalized spacial score (nSPS) is 19.4. The number of sulfonamides is 1. The lowest BCUT2D eigenvalue weighted by molar-refractivity contribution is -0.141. The van der Waals surface area contributed by atoms with E-state index >= 15 is 0 Å². The van der Waals surface area contributed by atoms with Crippen molar-refractivity contribution < 1.29 is 41.0 Å². The number of ether oxygens (including phenoxy) is 1. The second kappa shape index (κ2) is 14.2. The topological polar surface area (TPSA) is 125 Å². The average Bonchev–Trinajstić information content (AvgIpc) is 3.58. The minimum atomic E-state index is -4.66. The molecule has 1 unspecified atom stereocenters. The van der Waals surface area contributed by atoms with Gasteiger partial charge >= 0.3 is 12.1 Å². The molecule has 2 fully saturated rings. The quantitative estimate of drug-likeness (QED) is 0.281. The van der Waals surface area contributed by atoms with Gasteiger partial charge in [-0.05, 0) is 38.3 Å². The molecular weight excluding hydrogens is 647 g/mol. The Bertz CT molecular complexity index is 1540. The lowest BCUT2D eigenvalue weighted by Crippen LogP contribution is -2.47. The van der Waals surface area contributed by atoms with Crippen LogP contribution in [0, 0.1) is 0 Å². The Labute approximate surface area is 271 Å². The van der Waals surface area contributed by atoms with E-state index in [1.165, 1.54) is 16.4 Å². The molecule has 0 radical (unpaired) electrons. The zero-order valence-corrected chi connectivity index (χ0v) is 27.6. The second-order valence-electron chi connectivity index (χ2n) is 12.0. The van der Waals surface area contributed by atoms with Gasteiger partial charge in [0.15, 0.2) is 0 Å². The SMILES string of the molecule is CCOC(=O)CSc1cc(-c2nn(CC(O)CN3CCC(N4CCCC4=O)CC3)c3c2CN(S(C)(=O)=O)CC3)ccc1C(F)(F)F. The van der Waals surface area contributed by atoms with Crippen molar-refractivity contribution in [1.82, 2.24) is 23.9 Å². The highest BCUT2D eigenvalue weighted by molar-refractivity contribution is 8.00. The van der Waals surface area contributed by atoms with Crippen molar-refractivity contribution in [2.24, 2.45) is 0 Å². The molecule has 2 saturated heterocycles. The fraction of sp³-hybridized carbons (Fsp3) is 0.633. The van der Waals surface area contributed by atoms with Crippen LogP contribution in [0.3, 0.4) is 0 Å². The predicted molar refractivity (Wildman–Crippen MR) is 165 cm³/mol. The third-order valence-electron chi connectivity index (χ3n) is 8.74. The number of hydrogen-bond donors (Lipinski definition) is 1. The third kappa shape index (κ3) is 8.06. The number of β-amino-alcohol motifs (C(OH)–C–C–N with tert-alkyl or cyclic N) is 1. The Morgan fingerprint density at radius 1 is 1.15 bits per heavy atom. The highest BCUT2D eigenvalue weighted by atomic mass is 32.2. The number of halogens is 3. The molecule has 0 spiro atoms. The summed E-state index contributed by atoms with van der Waals surface area (Å²) in [4.78, 5) is 28.1. The Kier molecular flexibility index (Phi) is 10.7. The lowest BCUT2D eigenvalue weighted by Gasteiger charge is -2.37. The first kappa shape index (κ1) is 34.7. The Hall–Kier alpha value is -2.66. The number of carbonyl (C=O) groups is 2. The smallest absolute Gasteiger partial charge is 0.417 e. The van der Waals surface area contributed by atoms with E-state index in [0.29, 0.717) is 48.0 Å². The summed E-state index contributed by atoms with van der Waals surface area (Å²) in [6.07, 6.45) is -0.855. The van der Waals surface area contributed by atoms with Gasteiger partial charge in [-0.3, -0.25) is 14.3 Å². The summed E-state index contributed by atoms with van der Waals surface area (Å²) < 4.78 is 74.4. The van der Waals surface area contributed by atoms with E-state index in [1.807, 2.05) is 4.90 Å². The van der Waals surface area contributed by atoms with Crippen LogP contribution in [0.15, 0.2) is 23.1 Å². The first-order chi connectivity index (χ1) is 21.7. The van der Waals surface area contributed by atoms with Crippen LogP contribution in [-0.4, -0.2) is 113 Å². The first-order valence-electron chi connectivity index (χ1n) is 15.5. The molecule has 11 nitrogen and oxygen atoms in total. The molecule has 2 aromatic rings. The number of aromatic nitrogens is 2. The molecule has 0 saturated carbocycles. The molecule has 254 valence electrons. The molecule has 0 bridgehead atoms. The summed E-state index contributed by atoms with van der Waals surface area (Å²) in [5, 5.41) is 15.9. The maximum absolute atomic E-state index is 13.9. The van der Waals surface area contributed by atoms with Gasteiger partial charge in [-0.1, -0.05) is 6.07 Å². The molecule has 46 heavy (non-hydrogen) atoms. The van der Waals surface area contributed by atoms with Crippen LogP contribution < -0.4 is 0 Å². The molecular formula is C30H40F3N5O6S2. The average molecular weight is 688 g/mol. The molecule has 0 aliphatic carbocycles. The molecule has 1 aromatic heterocycles. The molecule has 1 atom stereocenters. The fourth-order valence-electron chi connectivity index (χ4n) is 6.52. The van der Waals surface area contributed by atoms with Crippen molar-refractivity contribution in [1.29, 1.82) is 0 Å². The largest absolute Gasteiger partial charge is 0.465 e. The van der Waals surface area contributed by atoms with Crippen LogP contribution in [0.2, 0.25) is 0 Å². The number of likely N-dealkylation sites (tertiary alicyclic amines) is 2. The number of fused-ring (bicyclic) bond motifs is 1. The Morgan fingerprint density at radius 3 is 2.52 bits per heavy atom. The van der Waals surface area contributed by atoms with Crippen molar-refractivity contribution in [2.75, 3.05) is 51.3 Å². The van der Waals surface area contributed by atoms with Gasteiger partial charge in [0.25, 0.3) is 0 Å². The number of piperidine rings is 1. The number of aliphatic hydroxyl groups is 1. The van der Waals surface area contributed by atoms with Crippen molar-refractivity contribution in [3.63, 3.8) is 0 Å². The third-order valence-corrected chi connectivity index (χ3v) is 11.0. The maximum Gasteiger partial charge on any atom is 0.417 e. The number of thioether (sulfide) groups is 1. The summed E-state index contributed by atoms with van der Waals surface area (Å²) in [6.45, 7) is 4.73. The van der Waals surface area contributed by atoms with E-state index in [-0.39, 0.29) is 48.8 Å². The van der Waals surface area contributed by atoms with Gasteiger partial charge in [0.1, 0.15) is 0 Å². The summed E-state index contributed by atoms with van der Waals surface area (Å²) in [5.74, 6) is -0.740. The number of hydrogen-bond acceptors (Lipinski definition) is 9. The van der Waals surface area contributed by atoms with Gasteiger partial charge in [-0.2, -0.15) is 22.6 Å². The summed E-state index contributed by atoms with van der Waals surface area (Å²) in [7, 11) is -3.56. The number of rotatable bonds is 11. The zero-order valence-electron chi connectivity index (χ0n) is 26.0. The molecule has 1 amide bonds. The van der Waals surface area contributed by atoms with Gasteiger partial charge in [0.05, 0.1) is 42.5 Å². The highest BCUT2D eigenvalue weighted by Crippen LogP contribution is 2.40. The first-order valence-corrected chi connectivity index (χ1v) is 18.3. The van der Waals surface area contributed by atoms with Crippen LogP contribution in [0.4, 0.5) is 13.2 Å². The number of esters is 1. The monoisotopic (exact) mass is 687 g/mol. The maximum atomic E-state index is 13.9. The molecule has 4 heterocycles. The standard InChI is InChI=1S/C30H40F3N5O6S2/c1-3-44-28(41)19-45-26-15-20(6-7-24(26)30(31,32)33)29-23-18-36(46(2,42)43)14-10-25(23)38(34-29)17-22(39)16-35-12-8-21(9-13-35)37-11-4-5-27(37)40/h6-7,15,21-22,39H,3-5,8-14,16-19H2,1-2H3. The van der Waals surface area contributed by atoms with Crippen LogP contribution in [0.25, 0.3) is 11.3 Å². The van der Waals surface area contributed by atoms with Crippen LogP contribution in [0.5, 0.6) is 0 Å². The number of nitrogens with zero attached hydrogens (tertiary/aromatic N) is 5. The number of aliphatic hydroxyl groups excluding tert-OH is 1. The number of carbonyl (C=O) groups excluding carboxylic acids is 2. The van der Waals surface area contributed by atoms with Gasteiger partial charge in [0.2, 0.25) is 15.9 Å². The molecule has 1 N–H and O–H groups in total. The van der Waals surface area contributed by atoms with Crippen molar-refractivity contribution >= 4 is 33.7 Å². The summed E-state index contributed by atoms with van der Waals surface area (Å²) in [5.41, 5.74) is 1.07. The van der Waals surface area contributed by atoms with Crippen molar-refractivity contribution in [2.45, 2.75) is 75.3 Å². The van der Waals surface area contributed by atoms with Crippen LogP contribution in [-0.2, 0) is 50.0 Å². The Balaban J connectivity index is 1.38. The molecule has 5 rings (SSSR count). The van der Waals surface area contributed by atoms with Crippen molar-refractivity contribution in [3.8, 4) is 11.3 Å². The predicted octanol–water partition coefficient (Wildman–Crippen LogP) is 2.99. The number of benzene rings is 1.